The second-order valence-electron chi connectivity index (χ2n) is 7.82. The van der Waals surface area contributed by atoms with Gasteiger partial charge in [-0.15, -0.1) is 0 Å². The number of carbonyl (C=O) groups excluding carboxylic acids is 2. The second kappa shape index (κ2) is 9.31. The first-order valence-electron chi connectivity index (χ1n) is 9.37. The number of carboxylic acids is 1. The quantitative estimate of drug-likeness (QED) is 0.763. The van der Waals surface area contributed by atoms with Crippen molar-refractivity contribution in [2.24, 2.45) is 5.41 Å². The molecule has 1 aromatic rings. The van der Waals surface area contributed by atoms with Gasteiger partial charge in [-0.3, -0.25) is 9.78 Å². The minimum absolute atomic E-state index is 0.0362. The maximum absolute atomic E-state index is 12.4. The maximum Gasteiger partial charge on any atom is 0.490 e. The number of halogens is 3. The molecule has 1 spiro atoms. The van der Waals surface area contributed by atoms with Crippen molar-refractivity contribution < 1.29 is 32.7 Å². The number of nitrogens with zero attached hydrogens (tertiary/aromatic N) is 3. The molecule has 1 saturated heterocycles. The van der Waals surface area contributed by atoms with E-state index in [1.165, 1.54) is 0 Å². The fourth-order valence-electron chi connectivity index (χ4n) is 3.64. The summed E-state index contributed by atoms with van der Waals surface area (Å²) in [6.45, 7) is 1.63. The van der Waals surface area contributed by atoms with Crippen LogP contribution in [0.1, 0.15) is 25.0 Å². The number of hydrogen-bond acceptors (Lipinski definition) is 4. The van der Waals surface area contributed by atoms with Crippen molar-refractivity contribution in [1.82, 2.24) is 20.1 Å². The van der Waals surface area contributed by atoms with E-state index >= 15 is 0 Å². The molecule has 1 saturated carbocycles. The SMILES string of the molecule is CN(C)C(=O)NC1CC2(CCN(C(=O)Cc3ccccn3)C2)C1.O=C(O)C(F)(F)F. The minimum atomic E-state index is -5.08. The van der Waals surface area contributed by atoms with E-state index in [1.807, 2.05) is 23.1 Å². The molecule has 0 aromatic carbocycles. The van der Waals surface area contributed by atoms with E-state index < -0.39 is 12.1 Å². The van der Waals surface area contributed by atoms with E-state index in [4.69, 9.17) is 9.90 Å². The largest absolute Gasteiger partial charge is 0.490 e. The molecular weight excluding hydrogens is 405 g/mol. The van der Waals surface area contributed by atoms with Crippen LogP contribution < -0.4 is 5.32 Å². The number of amides is 3. The smallest absolute Gasteiger partial charge is 0.475 e. The van der Waals surface area contributed by atoms with Gasteiger partial charge in [0.2, 0.25) is 5.91 Å². The zero-order valence-electron chi connectivity index (χ0n) is 16.8. The van der Waals surface area contributed by atoms with Crippen LogP contribution in [0.15, 0.2) is 24.4 Å². The number of carboxylic acid groups (broad SMARTS) is 1. The molecule has 3 rings (SSSR count). The van der Waals surface area contributed by atoms with Gasteiger partial charge in [0.1, 0.15) is 0 Å². The second-order valence-corrected chi connectivity index (χ2v) is 7.82. The van der Waals surface area contributed by atoms with Crippen molar-refractivity contribution in [3.05, 3.63) is 30.1 Å². The van der Waals surface area contributed by atoms with Gasteiger partial charge in [-0.25, -0.2) is 9.59 Å². The van der Waals surface area contributed by atoms with Gasteiger partial charge < -0.3 is 20.2 Å². The number of aliphatic carboxylic acids is 1. The number of hydrogen-bond donors (Lipinski definition) is 2. The topological polar surface area (TPSA) is 103 Å². The molecule has 8 nitrogen and oxygen atoms in total. The minimum Gasteiger partial charge on any atom is -0.475 e. The Bertz CT molecular complexity index is 765. The average molecular weight is 430 g/mol. The highest BCUT2D eigenvalue weighted by molar-refractivity contribution is 5.78. The molecule has 3 amide bonds. The molecule has 0 radical (unpaired) electrons. The molecule has 1 aliphatic heterocycles. The van der Waals surface area contributed by atoms with Crippen LogP contribution >= 0.6 is 0 Å². The summed E-state index contributed by atoms with van der Waals surface area (Å²) in [5.41, 5.74) is 1.03. The predicted molar refractivity (Wildman–Crippen MR) is 101 cm³/mol. The van der Waals surface area contributed by atoms with E-state index in [2.05, 4.69) is 10.3 Å². The summed E-state index contributed by atoms with van der Waals surface area (Å²) < 4.78 is 31.7. The third kappa shape index (κ3) is 6.33. The Morgan fingerprint density at radius 2 is 1.93 bits per heavy atom. The molecule has 2 aliphatic rings. The summed E-state index contributed by atoms with van der Waals surface area (Å²) in [5.74, 6) is -2.60. The lowest BCUT2D eigenvalue weighted by Gasteiger charge is -2.45. The van der Waals surface area contributed by atoms with Gasteiger partial charge in [0.05, 0.1) is 6.42 Å². The number of alkyl halides is 3. The summed E-state index contributed by atoms with van der Waals surface area (Å²) in [6.07, 6.45) is -0.00898. The molecule has 0 unspecified atom stereocenters. The van der Waals surface area contributed by atoms with Gasteiger partial charge in [0, 0.05) is 45.1 Å². The molecule has 1 aromatic heterocycles. The number of nitrogens with one attached hydrogen (secondary N) is 1. The number of rotatable bonds is 3. The molecule has 30 heavy (non-hydrogen) atoms. The lowest BCUT2D eigenvalue weighted by Crippen LogP contribution is -2.54. The summed E-state index contributed by atoms with van der Waals surface area (Å²) in [5, 5.41) is 10.1. The van der Waals surface area contributed by atoms with Crippen molar-refractivity contribution >= 4 is 17.9 Å². The maximum atomic E-state index is 12.4. The molecule has 11 heteroatoms. The van der Waals surface area contributed by atoms with Gasteiger partial charge in [0.15, 0.2) is 0 Å². The molecule has 2 N–H and O–H groups in total. The van der Waals surface area contributed by atoms with Gasteiger partial charge in [-0.2, -0.15) is 13.2 Å². The van der Waals surface area contributed by atoms with Crippen molar-refractivity contribution in [2.75, 3.05) is 27.2 Å². The van der Waals surface area contributed by atoms with Crippen LogP contribution in [0.4, 0.5) is 18.0 Å². The van der Waals surface area contributed by atoms with Crippen molar-refractivity contribution in [1.29, 1.82) is 0 Å². The van der Waals surface area contributed by atoms with Crippen molar-refractivity contribution in [3.63, 3.8) is 0 Å². The summed E-state index contributed by atoms with van der Waals surface area (Å²) in [4.78, 5) is 40.7. The van der Waals surface area contributed by atoms with Gasteiger partial charge in [0.25, 0.3) is 0 Å². The van der Waals surface area contributed by atoms with E-state index in [0.717, 1.165) is 38.0 Å². The zero-order chi connectivity index (χ0) is 22.5. The van der Waals surface area contributed by atoms with Crippen LogP contribution in [-0.2, 0) is 16.0 Å². The van der Waals surface area contributed by atoms with E-state index in [1.54, 1.807) is 25.2 Å². The molecule has 166 valence electrons. The van der Waals surface area contributed by atoms with E-state index in [-0.39, 0.29) is 23.4 Å². The Morgan fingerprint density at radius 3 is 2.43 bits per heavy atom. The summed E-state index contributed by atoms with van der Waals surface area (Å²) in [7, 11) is 3.49. The Morgan fingerprint density at radius 1 is 1.30 bits per heavy atom. The Labute approximate surface area is 172 Å². The Kier molecular flexibility index (Phi) is 7.27. The number of carbonyl (C=O) groups is 3. The van der Waals surface area contributed by atoms with Crippen LogP contribution in [0.3, 0.4) is 0 Å². The third-order valence-corrected chi connectivity index (χ3v) is 5.18. The van der Waals surface area contributed by atoms with Crippen LogP contribution in [0.25, 0.3) is 0 Å². The first-order chi connectivity index (χ1) is 13.9. The van der Waals surface area contributed by atoms with Gasteiger partial charge >= 0.3 is 18.2 Å². The number of urea groups is 1. The Balaban J connectivity index is 0.000000396. The summed E-state index contributed by atoms with van der Waals surface area (Å²) >= 11 is 0. The number of pyridine rings is 1. The van der Waals surface area contributed by atoms with Crippen molar-refractivity contribution in [2.45, 2.75) is 37.9 Å². The monoisotopic (exact) mass is 430 g/mol. The molecule has 0 bridgehead atoms. The first-order valence-corrected chi connectivity index (χ1v) is 9.37. The van der Waals surface area contributed by atoms with Crippen LogP contribution in [-0.4, -0.2) is 77.2 Å². The molecule has 0 atom stereocenters. The lowest BCUT2D eigenvalue weighted by atomic mass is 9.65. The average Bonchev–Trinajstić information content (AvgIpc) is 3.07. The number of aromatic nitrogens is 1. The number of likely N-dealkylation sites (tertiary alicyclic amines) is 1. The highest BCUT2D eigenvalue weighted by Gasteiger charge is 2.49. The zero-order valence-corrected chi connectivity index (χ0v) is 16.8. The van der Waals surface area contributed by atoms with Crippen molar-refractivity contribution in [3.8, 4) is 0 Å². The molecule has 1 aliphatic carbocycles. The standard InChI is InChI=1S/C17H24N4O2.C2HF3O2/c1-20(2)16(23)19-14-10-17(11-14)6-8-21(12-17)15(22)9-13-5-3-4-7-18-13;3-2(4,5)1(6)7/h3-5,7,14H,6,8-12H2,1-2H3,(H,19,23);(H,6,7). The van der Waals surface area contributed by atoms with Gasteiger partial charge in [-0.05, 0) is 36.8 Å². The normalized spacial score (nSPS) is 22.6. The summed E-state index contributed by atoms with van der Waals surface area (Å²) in [6, 6.07) is 5.86. The van der Waals surface area contributed by atoms with Crippen LogP contribution in [0.5, 0.6) is 0 Å². The molecular formula is C19H25F3N4O4. The highest BCUT2D eigenvalue weighted by Crippen LogP contribution is 2.48. The van der Waals surface area contributed by atoms with E-state index in [9.17, 15) is 22.8 Å². The third-order valence-electron chi connectivity index (χ3n) is 5.18. The molecule has 2 heterocycles. The van der Waals surface area contributed by atoms with Gasteiger partial charge in [-0.1, -0.05) is 6.07 Å². The highest BCUT2D eigenvalue weighted by atomic mass is 19.4. The first kappa shape index (κ1) is 23.4. The van der Waals surface area contributed by atoms with E-state index in [0.29, 0.717) is 6.42 Å². The fourth-order valence-corrected chi connectivity index (χ4v) is 3.64. The van der Waals surface area contributed by atoms with Crippen LogP contribution in [0.2, 0.25) is 0 Å². The predicted octanol–water partition coefficient (Wildman–Crippen LogP) is 1.91. The molecule has 2 fully saturated rings. The Hall–Kier alpha value is -2.85. The fraction of sp³-hybridized carbons (Fsp3) is 0.579. The van der Waals surface area contributed by atoms with Crippen LogP contribution in [0, 0.1) is 5.41 Å². The lowest BCUT2D eigenvalue weighted by molar-refractivity contribution is -0.192.